The van der Waals surface area contributed by atoms with Gasteiger partial charge < -0.3 is 34.3 Å². The summed E-state index contributed by atoms with van der Waals surface area (Å²) in [5.41, 5.74) is -0.905. The average Bonchev–Trinajstić information content (AvgIpc) is 2.61. The molecule has 0 aliphatic carbocycles. The zero-order chi connectivity index (χ0) is 18.3. The second-order valence-corrected chi connectivity index (χ2v) is 5.18. The van der Waals surface area contributed by atoms with Crippen LogP contribution in [0, 0.1) is 0 Å². The van der Waals surface area contributed by atoms with Gasteiger partial charge in [0, 0.05) is 17.7 Å². The molecule has 1 aromatic heterocycles. The van der Waals surface area contributed by atoms with Crippen LogP contribution in [0.1, 0.15) is 0 Å². The maximum absolute atomic E-state index is 12.4. The lowest BCUT2D eigenvalue weighted by Crippen LogP contribution is -2.03. The van der Waals surface area contributed by atoms with Gasteiger partial charge in [0.1, 0.15) is 22.5 Å². The van der Waals surface area contributed by atoms with E-state index in [0.29, 0.717) is 11.5 Å². The smallest absolute Gasteiger partial charge is 0.238 e. The molecule has 0 spiro atoms. The molecule has 0 aliphatic rings. The van der Waals surface area contributed by atoms with E-state index >= 15 is 0 Å². The van der Waals surface area contributed by atoms with E-state index in [1.165, 1.54) is 26.4 Å². The number of methoxy groups -OCH3 is 2. The van der Waals surface area contributed by atoms with Crippen LogP contribution in [0.15, 0.2) is 33.5 Å². The Kier molecular flexibility index (Phi) is 3.80. The van der Waals surface area contributed by atoms with Crippen LogP contribution in [0.2, 0.25) is 0 Å². The third-order valence-electron chi connectivity index (χ3n) is 3.70. The van der Waals surface area contributed by atoms with Crippen molar-refractivity contribution in [3.05, 3.63) is 34.5 Å². The summed E-state index contributed by atoms with van der Waals surface area (Å²) in [5.74, 6) is -2.62. The van der Waals surface area contributed by atoms with Gasteiger partial charge in [-0.2, -0.15) is 0 Å². The van der Waals surface area contributed by atoms with Gasteiger partial charge in [-0.15, -0.1) is 0 Å². The lowest BCUT2D eigenvalue weighted by Gasteiger charge is -2.11. The highest BCUT2D eigenvalue weighted by atomic mass is 16.5. The molecule has 0 radical (unpaired) electrons. The fourth-order valence-electron chi connectivity index (χ4n) is 2.44. The van der Waals surface area contributed by atoms with Gasteiger partial charge in [-0.1, -0.05) is 0 Å². The maximum Gasteiger partial charge on any atom is 0.238 e. The largest absolute Gasteiger partial charge is 0.504 e. The van der Waals surface area contributed by atoms with Crippen LogP contribution >= 0.6 is 0 Å². The third kappa shape index (κ3) is 2.53. The molecule has 0 atom stereocenters. The molecule has 0 aliphatic heterocycles. The van der Waals surface area contributed by atoms with Crippen molar-refractivity contribution in [2.75, 3.05) is 14.2 Å². The van der Waals surface area contributed by atoms with E-state index in [2.05, 4.69) is 0 Å². The molecule has 0 saturated carbocycles. The standard InChI is InChI=1S/C17H14O8/c1-23-8-3-7(4-9(5-8)24-2)17-16(22)15(21)12-11(25-17)6-10(18)13(19)14(12)20/h3-6,18-20,22H,1-2H3. The van der Waals surface area contributed by atoms with Crippen LogP contribution in [0.4, 0.5) is 0 Å². The summed E-state index contributed by atoms with van der Waals surface area (Å²) >= 11 is 0. The molecule has 130 valence electrons. The van der Waals surface area contributed by atoms with Crippen molar-refractivity contribution in [1.82, 2.24) is 0 Å². The normalized spacial score (nSPS) is 10.8. The van der Waals surface area contributed by atoms with Crippen molar-refractivity contribution in [3.63, 3.8) is 0 Å². The molecule has 4 N–H and O–H groups in total. The molecule has 2 aromatic carbocycles. The van der Waals surface area contributed by atoms with Crippen LogP contribution < -0.4 is 14.9 Å². The summed E-state index contributed by atoms with van der Waals surface area (Å²) in [6.07, 6.45) is 0. The van der Waals surface area contributed by atoms with Gasteiger partial charge in [-0.05, 0) is 12.1 Å². The Balaban J connectivity index is 2.37. The van der Waals surface area contributed by atoms with E-state index in [4.69, 9.17) is 13.9 Å². The summed E-state index contributed by atoms with van der Waals surface area (Å²) in [6, 6.07) is 5.57. The SMILES string of the molecule is COc1cc(OC)cc(-c2oc3cc(O)c(O)c(O)c3c(=O)c2O)c1. The van der Waals surface area contributed by atoms with Gasteiger partial charge in [0.25, 0.3) is 0 Å². The molecular weight excluding hydrogens is 332 g/mol. The van der Waals surface area contributed by atoms with Gasteiger partial charge in [0.15, 0.2) is 17.3 Å². The summed E-state index contributed by atoms with van der Waals surface area (Å²) in [5, 5.41) is 38.8. The predicted molar refractivity (Wildman–Crippen MR) is 87.7 cm³/mol. The first-order valence-corrected chi connectivity index (χ1v) is 7.04. The molecule has 8 heteroatoms. The van der Waals surface area contributed by atoms with E-state index in [9.17, 15) is 25.2 Å². The number of ether oxygens (including phenoxy) is 2. The average molecular weight is 346 g/mol. The molecule has 3 rings (SSSR count). The number of rotatable bonds is 3. The Bertz CT molecular complexity index is 1010. The molecule has 8 nitrogen and oxygen atoms in total. The van der Waals surface area contributed by atoms with Crippen LogP contribution in [-0.2, 0) is 0 Å². The maximum atomic E-state index is 12.4. The van der Waals surface area contributed by atoms with Crippen LogP contribution in [0.5, 0.6) is 34.5 Å². The Morgan fingerprint density at radius 1 is 0.840 bits per heavy atom. The quantitative estimate of drug-likeness (QED) is 0.532. The number of hydrogen-bond donors (Lipinski definition) is 4. The Morgan fingerprint density at radius 3 is 2.00 bits per heavy atom. The van der Waals surface area contributed by atoms with E-state index in [1.54, 1.807) is 6.07 Å². The van der Waals surface area contributed by atoms with Crippen molar-refractivity contribution in [1.29, 1.82) is 0 Å². The number of fused-ring (bicyclic) bond motifs is 1. The van der Waals surface area contributed by atoms with Gasteiger partial charge in [0.05, 0.1) is 14.2 Å². The number of phenolic OH excluding ortho intramolecular Hbond substituents is 3. The summed E-state index contributed by atoms with van der Waals surface area (Å²) in [7, 11) is 2.88. The molecule has 0 amide bonds. The van der Waals surface area contributed by atoms with Gasteiger partial charge in [-0.3, -0.25) is 4.79 Å². The number of phenols is 3. The first-order valence-electron chi connectivity index (χ1n) is 7.04. The number of aromatic hydroxyl groups is 4. The molecule has 0 fully saturated rings. The Morgan fingerprint density at radius 2 is 1.44 bits per heavy atom. The molecule has 0 saturated heterocycles. The van der Waals surface area contributed by atoms with Crippen molar-refractivity contribution >= 4 is 11.0 Å². The van der Waals surface area contributed by atoms with E-state index in [0.717, 1.165) is 6.07 Å². The first kappa shape index (κ1) is 16.3. The highest BCUT2D eigenvalue weighted by molar-refractivity contribution is 5.91. The fraction of sp³-hybridized carbons (Fsp3) is 0.118. The molecule has 0 bridgehead atoms. The van der Waals surface area contributed by atoms with Crippen molar-refractivity contribution < 1.29 is 34.3 Å². The molecule has 0 unspecified atom stereocenters. The number of hydrogen-bond acceptors (Lipinski definition) is 8. The molecule has 25 heavy (non-hydrogen) atoms. The second kappa shape index (κ2) is 5.82. The van der Waals surface area contributed by atoms with Crippen LogP contribution in [0.25, 0.3) is 22.3 Å². The minimum absolute atomic E-state index is 0.209. The van der Waals surface area contributed by atoms with Gasteiger partial charge in [-0.25, -0.2) is 0 Å². The van der Waals surface area contributed by atoms with Gasteiger partial charge >= 0.3 is 0 Å². The summed E-state index contributed by atoms with van der Waals surface area (Å²) in [4.78, 5) is 12.4. The van der Waals surface area contributed by atoms with E-state index in [1.807, 2.05) is 0 Å². The minimum Gasteiger partial charge on any atom is -0.504 e. The molecular formula is C17H14O8. The Labute approximate surface area is 140 Å². The predicted octanol–water partition coefficient (Wildman–Crippen LogP) is 2.30. The highest BCUT2D eigenvalue weighted by Crippen LogP contribution is 2.42. The fourth-order valence-corrected chi connectivity index (χ4v) is 2.44. The van der Waals surface area contributed by atoms with Gasteiger partial charge in [0.2, 0.25) is 16.9 Å². The topological polar surface area (TPSA) is 130 Å². The monoisotopic (exact) mass is 346 g/mol. The molecule has 1 heterocycles. The van der Waals surface area contributed by atoms with Crippen molar-refractivity contribution in [3.8, 4) is 45.8 Å². The van der Waals surface area contributed by atoms with E-state index in [-0.39, 0.29) is 16.9 Å². The third-order valence-corrected chi connectivity index (χ3v) is 3.70. The second-order valence-electron chi connectivity index (χ2n) is 5.18. The zero-order valence-corrected chi connectivity index (χ0v) is 13.2. The highest BCUT2D eigenvalue weighted by Gasteiger charge is 2.22. The lowest BCUT2D eigenvalue weighted by atomic mass is 10.1. The van der Waals surface area contributed by atoms with E-state index < -0.39 is 33.8 Å². The van der Waals surface area contributed by atoms with Crippen LogP contribution in [0.3, 0.4) is 0 Å². The zero-order valence-electron chi connectivity index (χ0n) is 13.2. The molecule has 3 aromatic rings. The number of benzene rings is 2. The first-order chi connectivity index (χ1) is 11.9. The minimum atomic E-state index is -0.967. The van der Waals surface area contributed by atoms with Crippen LogP contribution in [-0.4, -0.2) is 34.6 Å². The lowest BCUT2D eigenvalue weighted by molar-refractivity contribution is 0.369. The van der Waals surface area contributed by atoms with Crippen molar-refractivity contribution in [2.45, 2.75) is 0 Å². The summed E-state index contributed by atoms with van der Waals surface area (Å²) < 4.78 is 15.8. The Hall–Kier alpha value is -3.55. The van der Waals surface area contributed by atoms with Crippen molar-refractivity contribution in [2.24, 2.45) is 0 Å². The summed E-state index contributed by atoms with van der Waals surface area (Å²) in [6.45, 7) is 0.